The molecule has 1 aromatic carbocycles. The number of imidazole rings is 1. The Morgan fingerprint density at radius 3 is 3.07 bits per heavy atom. The molecule has 0 bridgehead atoms. The molecule has 1 aliphatic rings. The molecule has 1 saturated heterocycles. The number of hydrogen-bond donors (Lipinski definition) is 1. The molecule has 8 heteroatoms. The largest absolute Gasteiger partial charge is 0.471 e. The number of fused-ring (bicyclic) bond motifs is 2. The van der Waals surface area contributed by atoms with Gasteiger partial charge >= 0.3 is 0 Å². The van der Waals surface area contributed by atoms with Crippen molar-refractivity contribution >= 4 is 28.0 Å². The maximum atomic E-state index is 11.9. The third-order valence-electron chi connectivity index (χ3n) is 5.51. The first-order valence-electron chi connectivity index (χ1n) is 9.83. The van der Waals surface area contributed by atoms with E-state index in [-0.39, 0.29) is 12.0 Å². The molecule has 1 fully saturated rings. The van der Waals surface area contributed by atoms with Crippen molar-refractivity contribution in [3.05, 3.63) is 36.8 Å². The quantitative estimate of drug-likeness (QED) is 0.579. The normalized spacial score (nSPS) is 16.8. The lowest BCUT2D eigenvalue weighted by molar-refractivity contribution is -0.130. The number of amides is 1. The van der Waals surface area contributed by atoms with E-state index in [0.29, 0.717) is 24.4 Å². The lowest BCUT2D eigenvalue weighted by Crippen LogP contribution is -2.30. The molecule has 1 aliphatic heterocycles. The van der Waals surface area contributed by atoms with E-state index in [2.05, 4.69) is 21.0 Å². The highest BCUT2D eigenvalue weighted by Crippen LogP contribution is 2.29. The van der Waals surface area contributed by atoms with Crippen LogP contribution in [0.3, 0.4) is 0 Å². The molecule has 148 valence electrons. The Labute approximate surface area is 167 Å². The van der Waals surface area contributed by atoms with Crippen molar-refractivity contribution in [1.82, 2.24) is 29.4 Å². The van der Waals surface area contributed by atoms with Gasteiger partial charge in [-0.2, -0.15) is 4.98 Å². The predicted molar refractivity (Wildman–Crippen MR) is 110 cm³/mol. The average molecular weight is 390 g/mol. The van der Waals surface area contributed by atoms with Crippen LogP contribution in [0.2, 0.25) is 0 Å². The number of rotatable bonds is 4. The number of nitrogens with zero attached hydrogens (tertiary/aromatic N) is 5. The molecule has 0 radical (unpaired) electrons. The zero-order chi connectivity index (χ0) is 20.0. The van der Waals surface area contributed by atoms with Crippen LogP contribution in [-0.2, 0) is 11.8 Å². The maximum Gasteiger partial charge on any atom is 0.245 e. The highest BCUT2D eigenvalue weighted by Gasteiger charge is 2.28. The van der Waals surface area contributed by atoms with E-state index in [4.69, 9.17) is 9.72 Å². The lowest BCUT2D eigenvalue weighted by Gasteiger charge is -2.16. The number of H-pyrrole nitrogens is 1. The highest BCUT2D eigenvalue weighted by atomic mass is 16.5. The molecular formula is C21H22N6O2. The maximum absolute atomic E-state index is 11.9. The molecule has 0 aliphatic carbocycles. The summed E-state index contributed by atoms with van der Waals surface area (Å²) in [7, 11) is 1.94. The van der Waals surface area contributed by atoms with Gasteiger partial charge in [-0.05, 0) is 24.3 Å². The first-order valence-corrected chi connectivity index (χ1v) is 9.83. The van der Waals surface area contributed by atoms with Crippen molar-refractivity contribution in [1.29, 1.82) is 0 Å². The average Bonchev–Trinajstić information content (AvgIpc) is 3.46. The number of carbonyl (C=O) groups is 1. The number of carbonyl (C=O) groups excluding carboxylic acids is 1. The Morgan fingerprint density at radius 2 is 2.21 bits per heavy atom. The summed E-state index contributed by atoms with van der Waals surface area (Å²) in [5.74, 6) is 1.43. The van der Waals surface area contributed by atoms with E-state index < -0.39 is 0 Å². The fourth-order valence-corrected chi connectivity index (χ4v) is 3.95. The van der Waals surface area contributed by atoms with Crippen molar-refractivity contribution in [2.45, 2.75) is 25.9 Å². The number of aromatic amines is 1. The number of ether oxygens (including phenoxy) is 1. The van der Waals surface area contributed by atoms with Gasteiger partial charge in [0, 0.05) is 49.1 Å². The van der Waals surface area contributed by atoms with Crippen LogP contribution in [0.1, 0.15) is 19.8 Å². The zero-order valence-corrected chi connectivity index (χ0v) is 16.4. The minimum atomic E-state index is -0.0785. The van der Waals surface area contributed by atoms with E-state index in [1.807, 2.05) is 47.8 Å². The fraction of sp³-hybridized carbons (Fsp3) is 0.333. The van der Waals surface area contributed by atoms with Gasteiger partial charge in [0.15, 0.2) is 11.2 Å². The molecule has 1 atom stereocenters. The van der Waals surface area contributed by atoms with Gasteiger partial charge in [0.25, 0.3) is 0 Å². The van der Waals surface area contributed by atoms with Crippen LogP contribution < -0.4 is 4.74 Å². The smallest absolute Gasteiger partial charge is 0.245 e. The molecule has 0 saturated carbocycles. The third kappa shape index (κ3) is 3.00. The number of likely N-dealkylation sites (tertiary alicyclic amines) is 1. The van der Waals surface area contributed by atoms with Crippen LogP contribution in [0, 0.1) is 0 Å². The monoisotopic (exact) mass is 390 g/mol. The molecule has 4 heterocycles. The molecule has 29 heavy (non-hydrogen) atoms. The summed E-state index contributed by atoms with van der Waals surface area (Å²) < 4.78 is 8.11. The van der Waals surface area contributed by atoms with Gasteiger partial charge in [-0.3, -0.25) is 4.79 Å². The summed E-state index contributed by atoms with van der Waals surface area (Å²) in [6.07, 6.45) is 4.66. The third-order valence-corrected chi connectivity index (χ3v) is 5.51. The molecule has 1 unspecified atom stereocenters. The van der Waals surface area contributed by atoms with Crippen LogP contribution in [0.25, 0.3) is 33.5 Å². The standard InChI is InChI=1S/C21H22N6O2/c1-3-17(28)27-9-7-15(11-27)29-21-18-20(23-12-24-21)26(2)19(25-18)14-4-5-16-13(10-14)6-8-22-16/h4-6,8,10,12,15,22H,3,7,9,11H2,1-2H3. The van der Waals surface area contributed by atoms with Crippen LogP contribution in [-0.4, -0.2) is 54.5 Å². The van der Waals surface area contributed by atoms with Crippen LogP contribution in [0.4, 0.5) is 0 Å². The lowest BCUT2D eigenvalue weighted by atomic mass is 10.1. The van der Waals surface area contributed by atoms with Gasteiger partial charge in [0.2, 0.25) is 11.8 Å². The molecule has 1 N–H and O–H groups in total. The van der Waals surface area contributed by atoms with Crippen LogP contribution in [0.5, 0.6) is 5.88 Å². The van der Waals surface area contributed by atoms with Crippen molar-refractivity contribution in [2.24, 2.45) is 7.05 Å². The molecule has 8 nitrogen and oxygen atoms in total. The summed E-state index contributed by atoms with van der Waals surface area (Å²) in [6.45, 7) is 3.18. The van der Waals surface area contributed by atoms with Gasteiger partial charge in [0.05, 0.1) is 6.54 Å². The van der Waals surface area contributed by atoms with E-state index in [1.165, 1.54) is 6.33 Å². The first-order chi connectivity index (χ1) is 14.1. The second-order valence-corrected chi connectivity index (χ2v) is 7.35. The van der Waals surface area contributed by atoms with E-state index in [1.54, 1.807) is 0 Å². The van der Waals surface area contributed by atoms with Crippen molar-refractivity contribution in [3.8, 4) is 17.3 Å². The van der Waals surface area contributed by atoms with Gasteiger partial charge in [0.1, 0.15) is 18.3 Å². The van der Waals surface area contributed by atoms with E-state index in [0.717, 1.165) is 40.9 Å². The summed E-state index contributed by atoms with van der Waals surface area (Å²) in [5.41, 5.74) is 3.45. The number of aromatic nitrogens is 5. The summed E-state index contributed by atoms with van der Waals surface area (Å²) in [4.78, 5) is 30.5. The predicted octanol–water partition coefficient (Wildman–Crippen LogP) is 2.90. The SMILES string of the molecule is CCC(=O)N1CCC(Oc2ncnc3c2nc(-c2ccc4[nH]ccc4c2)n3C)C1. The van der Waals surface area contributed by atoms with E-state index >= 15 is 0 Å². The summed E-state index contributed by atoms with van der Waals surface area (Å²) in [6, 6.07) is 8.23. The Hall–Kier alpha value is -3.42. The van der Waals surface area contributed by atoms with Crippen molar-refractivity contribution < 1.29 is 9.53 Å². The zero-order valence-electron chi connectivity index (χ0n) is 16.4. The summed E-state index contributed by atoms with van der Waals surface area (Å²) in [5, 5.41) is 1.13. The van der Waals surface area contributed by atoms with Gasteiger partial charge in [-0.25, -0.2) is 9.97 Å². The second kappa shape index (κ2) is 6.88. The molecule has 4 aromatic rings. The van der Waals surface area contributed by atoms with Crippen molar-refractivity contribution in [2.75, 3.05) is 13.1 Å². The Bertz CT molecular complexity index is 1210. The number of nitrogens with one attached hydrogen (secondary N) is 1. The van der Waals surface area contributed by atoms with E-state index in [9.17, 15) is 4.79 Å². The Kier molecular flexibility index (Phi) is 4.19. The summed E-state index contributed by atoms with van der Waals surface area (Å²) >= 11 is 0. The molecule has 3 aromatic heterocycles. The topological polar surface area (TPSA) is 88.9 Å². The number of benzene rings is 1. The number of hydrogen-bond acceptors (Lipinski definition) is 5. The van der Waals surface area contributed by atoms with Crippen LogP contribution >= 0.6 is 0 Å². The number of aryl methyl sites for hydroxylation is 1. The highest BCUT2D eigenvalue weighted by molar-refractivity contribution is 5.86. The van der Waals surface area contributed by atoms with Gasteiger partial charge < -0.3 is 19.2 Å². The van der Waals surface area contributed by atoms with Crippen LogP contribution in [0.15, 0.2) is 36.8 Å². The minimum absolute atomic E-state index is 0.0785. The van der Waals surface area contributed by atoms with Gasteiger partial charge in [-0.15, -0.1) is 0 Å². The minimum Gasteiger partial charge on any atom is -0.471 e. The molecule has 0 spiro atoms. The molecule has 1 amide bonds. The Balaban J connectivity index is 1.48. The molecule has 5 rings (SSSR count). The Morgan fingerprint density at radius 1 is 1.31 bits per heavy atom. The first kappa shape index (κ1) is 17.7. The van der Waals surface area contributed by atoms with Crippen molar-refractivity contribution in [3.63, 3.8) is 0 Å². The molecular weight excluding hydrogens is 368 g/mol. The fourth-order valence-electron chi connectivity index (χ4n) is 3.95. The van der Waals surface area contributed by atoms with Gasteiger partial charge in [-0.1, -0.05) is 6.92 Å². The second-order valence-electron chi connectivity index (χ2n) is 7.35.